The maximum Gasteiger partial charge on any atom is 0.307 e. The van der Waals surface area contributed by atoms with E-state index in [1.54, 1.807) is 6.20 Å². The third-order valence-corrected chi connectivity index (χ3v) is 6.37. The van der Waals surface area contributed by atoms with Gasteiger partial charge in [0.15, 0.2) is 6.10 Å². The molecule has 1 heterocycles. The molecule has 0 unspecified atom stereocenters. The molecule has 1 fully saturated rings. The van der Waals surface area contributed by atoms with Gasteiger partial charge in [0.2, 0.25) is 0 Å². The Hall–Kier alpha value is -3.14. The Kier molecular flexibility index (Phi) is 4.58. The Bertz CT molecular complexity index is 1110. The molecule has 0 bridgehead atoms. The van der Waals surface area contributed by atoms with Crippen LogP contribution in [0.4, 0.5) is 0 Å². The van der Waals surface area contributed by atoms with Gasteiger partial charge in [0.05, 0.1) is 12.1 Å². The predicted molar refractivity (Wildman–Crippen MR) is 116 cm³/mol. The minimum absolute atomic E-state index is 0.0317. The van der Waals surface area contributed by atoms with Crippen LogP contribution in [0.5, 0.6) is 5.75 Å². The van der Waals surface area contributed by atoms with Gasteiger partial charge in [-0.2, -0.15) is 0 Å². The maximum atomic E-state index is 11.1. The number of hydrogen-bond donors (Lipinski definition) is 1. The van der Waals surface area contributed by atoms with E-state index in [2.05, 4.69) is 49.2 Å². The van der Waals surface area contributed by atoms with Crippen molar-refractivity contribution >= 4 is 5.97 Å². The number of aliphatic carboxylic acids is 1. The second-order valence-electron chi connectivity index (χ2n) is 8.17. The lowest BCUT2D eigenvalue weighted by Gasteiger charge is -2.08. The average molecular weight is 399 g/mol. The number of pyridine rings is 1. The highest BCUT2D eigenvalue weighted by Gasteiger charge is 2.45. The summed E-state index contributed by atoms with van der Waals surface area (Å²) in [5, 5.41) is 9.13. The fraction of sp³-hybridized carbons (Fsp3) is 0.308. The van der Waals surface area contributed by atoms with Gasteiger partial charge in [0, 0.05) is 22.7 Å². The predicted octanol–water partition coefficient (Wildman–Crippen LogP) is 5.54. The normalized spacial score (nSPS) is 21.1. The second-order valence-corrected chi connectivity index (χ2v) is 8.17. The fourth-order valence-corrected chi connectivity index (χ4v) is 4.64. The first kappa shape index (κ1) is 18.9. The zero-order chi connectivity index (χ0) is 20.8. The molecule has 4 nitrogen and oxygen atoms in total. The number of carboxylic acid groups (broad SMARTS) is 1. The van der Waals surface area contributed by atoms with Gasteiger partial charge in [-0.05, 0) is 53.6 Å². The molecule has 3 aromatic rings. The Balaban J connectivity index is 1.42. The van der Waals surface area contributed by atoms with Crippen LogP contribution in [0, 0.1) is 5.92 Å². The van der Waals surface area contributed by atoms with Gasteiger partial charge >= 0.3 is 5.97 Å². The summed E-state index contributed by atoms with van der Waals surface area (Å²) in [7, 11) is 0. The molecule has 5 rings (SSSR count). The lowest BCUT2D eigenvalue weighted by atomic mass is 9.97. The zero-order valence-electron chi connectivity index (χ0n) is 17.3. The molecule has 0 amide bonds. The van der Waals surface area contributed by atoms with Gasteiger partial charge in [-0.1, -0.05) is 50.2 Å². The van der Waals surface area contributed by atoms with Crippen LogP contribution < -0.4 is 4.74 Å². The highest BCUT2D eigenvalue weighted by molar-refractivity contribution is 5.79. The summed E-state index contributed by atoms with van der Waals surface area (Å²) < 4.78 is 6.35. The van der Waals surface area contributed by atoms with Crippen LogP contribution in [0.1, 0.15) is 60.2 Å². The molecule has 1 aromatic heterocycles. The van der Waals surface area contributed by atoms with E-state index in [9.17, 15) is 4.79 Å². The summed E-state index contributed by atoms with van der Waals surface area (Å²) in [4.78, 5) is 15.6. The molecule has 3 atom stereocenters. The first-order valence-corrected chi connectivity index (χ1v) is 10.7. The van der Waals surface area contributed by atoms with Gasteiger partial charge in [-0.25, -0.2) is 0 Å². The topological polar surface area (TPSA) is 59.4 Å². The summed E-state index contributed by atoms with van der Waals surface area (Å²) in [6.45, 7) is 4.41. The van der Waals surface area contributed by atoms with Gasteiger partial charge in [0.1, 0.15) is 5.75 Å². The van der Waals surface area contributed by atoms with E-state index in [0.717, 1.165) is 24.3 Å². The summed E-state index contributed by atoms with van der Waals surface area (Å²) in [6, 6.07) is 16.7. The largest absolute Gasteiger partial charge is 0.481 e. The van der Waals surface area contributed by atoms with E-state index < -0.39 is 5.97 Å². The molecular weight excluding hydrogens is 374 g/mol. The van der Waals surface area contributed by atoms with Crippen LogP contribution in [0.15, 0.2) is 54.7 Å². The minimum atomic E-state index is -0.733. The summed E-state index contributed by atoms with van der Waals surface area (Å²) in [5.74, 6) is -0.252. The number of carboxylic acids is 1. The number of fused-ring (bicyclic) bond motifs is 1. The zero-order valence-corrected chi connectivity index (χ0v) is 17.3. The number of hydrogen-bond acceptors (Lipinski definition) is 3. The Morgan fingerprint density at radius 3 is 2.50 bits per heavy atom. The van der Waals surface area contributed by atoms with Crippen molar-refractivity contribution in [3.8, 4) is 16.9 Å². The quantitative estimate of drug-likeness (QED) is 0.566. The molecule has 30 heavy (non-hydrogen) atoms. The fourth-order valence-electron chi connectivity index (χ4n) is 4.64. The van der Waals surface area contributed by atoms with Crippen LogP contribution in [-0.2, 0) is 17.6 Å². The van der Waals surface area contributed by atoms with Crippen LogP contribution in [0.3, 0.4) is 0 Å². The number of rotatable bonds is 7. The Morgan fingerprint density at radius 1 is 1.10 bits per heavy atom. The maximum absolute atomic E-state index is 11.1. The van der Waals surface area contributed by atoms with E-state index in [0.29, 0.717) is 6.42 Å². The van der Waals surface area contributed by atoms with Crippen molar-refractivity contribution in [1.82, 2.24) is 4.98 Å². The van der Waals surface area contributed by atoms with Crippen molar-refractivity contribution in [3.63, 3.8) is 0 Å². The molecule has 1 saturated carbocycles. The summed E-state index contributed by atoms with van der Waals surface area (Å²) in [5.41, 5.74) is 8.73. The number of nitrogens with zero attached hydrogens (tertiary/aromatic N) is 1. The van der Waals surface area contributed by atoms with E-state index in [1.165, 1.54) is 33.4 Å². The van der Waals surface area contributed by atoms with Crippen LogP contribution in [0.2, 0.25) is 0 Å². The number of ether oxygens (including phenoxy) is 1. The standard InChI is InChI=1S/C26H25NO3/c1-3-15-12-19(16-8-6-5-7-9-16)24-23(18(15)4-2)25(24)30-17-10-11-22(27-14-17)20-13-21(20)26(28)29/h5-12,14,20-21,25H,3-4,13H2,1-2H3,(H,28,29)/t20-,21-,25-/m0/s1. The smallest absolute Gasteiger partial charge is 0.307 e. The molecule has 0 aliphatic heterocycles. The molecule has 2 aliphatic carbocycles. The van der Waals surface area contributed by atoms with Crippen LogP contribution in [0.25, 0.3) is 11.1 Å². The molecular formula is C26H25NO3. The van der Waals surface area contributed by atoms with E-state index in [-0.39, 0.29) is 17.9 Å². The van der Waals surface area contributed by atoms with Crippen LogP contribution >= 0.6 is 0 Å². The van der Waals surface area contributed by atoms with E-state index >= 15 is 0 Å². The van der Waals surface area contributed by atoms with E-state index in [4.69, 9.17) is 9.84 Å². The Labute approximate surface area is 176 Å². The van der Waals surface area contributed by atoms with E-state index in [1.807, 2.05) is 18.2 Å². The second kappa shape index (κ2) is 7.28. The van der Waals surface area contributed by atoms with Crippen molar-refractivity contribution in [2.45, 2.75) is 45.1 Å². The minimum Gasteiger partial charge on any atom is -0.481 e. The lowest BCUT2D eigenvalue weighted by molar-refractivity contribution is -0.138. The SMILES string of the molecule is CCc1cc(-c2ccccc2)c2c(c1CC)[C@@H]2Oc1ccc([C@H]2C[C@@H]2C(=O)O)nc1. The number of aryl methyl sites for hydroxylation is 1. The van der Waals surface area contributed by atoms with Crippen molar-refractivity contribution in [2.75, 3.05) is 0 Å². The van der Waals surface area contributed by atoms with Crippen molar-refractivity contribution in [3.05, 3.63) is 82.7 Å². The molecule has 0 spiro atoms. The number of aromatic nitrogens is 1. The average Bonchev–Trinajstić information content (AvgIpc) is 3.69. The molecule has 4 heteroatoms. The molecule has 2 aromatic carbocycles. The Morgan fingerprint density at radius 2 is 1.90 bits per heavy atom. The molecule has 0 saturated heterocycles. The molecule has 152 valence electrons. The van der Waals surface area contributed by atoms with Gasteiger partial charge in [-0.3, -0.25) is 9.78 Å². The van der Waals surface area contributed by atoms with Crippen molar-refractivity contribution in [2.24, 2.45) is 5.92 Å². The van der Waals surface area contributed by atoms with Crippen molar-refractivity contribution in [1.29, 1.82) is 0 Å². The van der Waals surface area contributed by atoms with Gasteiger partial charge in [-0.15, -0.1) is 0 Å². The summed E-state index contributed by atoms with van der Waals surface area (Å²) >= 11 is 0. The van der Waals surface area contributed by atoms with Gasteiger partial charge < -0.3 is 9.84 Å². The third kappa shape index (κ3) is 3.17. The first-order chi connectivity index (χ1) is 14.6. The van der Waals surface area contributed by atoms with Crippen LogP contribution in [-0.4, -0.2) is 16.1 Å². The number of carbonyl (C=O) groups is 1. The molecule has 0 radical (unpaired) electrons. The lowest BCUT2D eigenvalue weighted by Crippen LogP contribution is -2.00. The highest BCUT2D eigenvalue weighted by atomic mass is 16.5. The number of benzene rings is 2. The van der Waals surface area contributed by atoms with Gasteiger partial charge in [0.25, 0.3) is 0 Å². The summed E-state index contributed by atoms with van der Waals surface area (Å²) in [6.07, 6.45) is 4.38. The molecule has 1 N–H and O–H groups in total. The highest BCUT2D eigenvalue weighted by Crippen LogP contribution is 2.53. The third-order valence-electron chi connectivity index (χ3n) is 6.37. The monoisotopic (exact) mass is 399 g/mol. The first-order valence-electron chi connectivity index (χ1n) is 10.7. The van der Waals surface area contributed by atoms with Crippen molar-refractivity contribution < 1.29 is 14.6 Å². The molecule has 2 aliphatic rings.